The summed E-state index contributed by atoms with van der Waals surface area (Å²) in [5, 5.41) is 0.273. The fourth-order valence-corrected chi connectivity index (χ4v) is 3.50. The number of carbonyl (C=O) groups excluding carboxylic acids is 1. The number of amides is 1. The largest absolute Gasteiger partial charge is 0.433 e. The van der Waals surface area contributed by atoms with Gasteiger partial charge in [0.15, 0.2) is 0 Å². The summed E-state index contributed by atoms with van der Waals surface area (Å²) in [7, 11) is 0. The van der Waals surface area contributed by atoms with Gasteiger partial charge in [0.05, 0.1) is 10.2 Å². The van der Waals surface area contributed by atoms with Crippen molar-refractivity contribution in [2.24, 2.45) is 5.73 Å². The molecule has 1 unspecified atom stereocenters. The Balaban J connectivity index is 2.09. The number of rotatable bonds is 4. The van der Waals surface area contributed by atoms with Crippen LogP contribution in [-0.2, 0) is 17.4 Å². The van der Waals surface area contributed by atoms with Crippen molar-refractivity contribution in [1.82, 2.24) is 15.0 Å². The average molecular weight is 366 g/mol. The molecule has 130 valence electrons. The highest BCUT2D eigenvalue weighted by molar-refractivity contribution is 7.18. The summed E-state index contributed by atoms with van der Waals surface area (Å²) in [4.78, 5) is 23.5. The van der Waals surface area contributed by atoms with Crippen LogP contribution < -0.4 is 5.73 Å². The van der Waals surface area contributed by atoms with Crippen molar-refractivity contribution in [3.8, 4) is 0 Å². The van der Waals surface area contributed by atoms with E-state index in [2.05, 4.69) is 15.0 Å². The molecule has 5 nitrogen and oxygen atoms in total. The fraction of sp³-hybridized carbons (Fsp3) is 0.250. The first-order valence-electron chi connectivity index (χ1n) is 7.38. The summed E-state index contributed by atoms with van der Waals surface area (Å²) >= 11 is 1.20. The molecule has 0 radical (unpaired) electrons. The Morgan fingerprint density at radius 1 is 1.28 bits per heavy atom. The lowest BCUT2D eigenvalue weighted by molar-refractivity contribution is -0.141. The number of nitrogens with zero attached hydrogens (tertiary/aromatic N) is 3. The van der Waals surface area contributed by atoms with E-state index >= 15 is 0 Å². The molecule has 1 amide bonds. The van der Waals surface area contributed by atoms with Gasteiger partial charge in [-0.2, -0.15) is 13.2 Å². The van der Waals surface area contributed by atoms with E-state index < -0.39 is 23.7 Å². The van der Waals surface area contributed by atoms with Gasteiger partial charge in [0.25, 0.3) is 0 Å². The quantitative estimate of drug-likeness (QED) is 0.768. The number of nitrogens with two attached hydrogens (primary N) is 1. The third-order valence-corrected chi connectivity index (χ3v) is 4.71. The van der Waals surface area contributed by atoms with Crippen molar-refractivity contribution in [3.05, 3.63) is 52.6 Å². The summed E-state index contributed by atoms with van der Waals surface area (Å²) in [5.41, 5.74) is 6.02. The second-order valence-electron chi connectivity index (χ2n) is 5.34. The molecule has 3 rings (SSSR count). The summed E-state index contributed by atoms with van der Waals surface area (Å²) < 4.78 is 39.4. The number of fused-ring (bicyclic) bond motifs is 1. The number of aryl methyl sites for hydroxylation is 1. The van der Waals surface area contributed by atoms with E-state index in [-0.39, 0.29) is 10.8 Å². The first-order chi connectivity index (χ1) is 11.8. The summed E-state index contributed by atoms with van der Waals surface area (Å²) in [6.45, 7) is 2.01. The Hall–Kier alpha value is -2.55. The van der Waals surface area contributed by atoms with Gasteiger partial charge >= 0.3 is 6.18 Å². The van der Waals surface area contributed by atoms with Crippen LogP contribution in [0, 0.1) is 0 Å². The molecular weight excluding hydrogens is 353 g/mol. The maximum absolute atomic E-state index is 12.9. The van der Waals surface area contributed by atoms with Gasteiger partial charge in [-0.05, 0) is 30.2 Å². The van der Waals surface area contributed by atoms with Crippen molar-refractivity contribution >= 4 is 27.5 Å². The fourth-order valence-electron chi connectivity index (χ4n) is 2.36. The Bertz CT molecular complexity index is 939. The van der Waals surface area contributed by atoms with E-state index in [1.165, 1.54) is 11.3 Å². The van der Waals surface area contributed by atoms with Crippen LogP contribution in [0.15, 0.2) is 30.5 Å². The van der Waals surface area contributed by atoms with E-state index in [4.69, 9.17) is 5.73 Å². The third-order valence-electron chi connectivity index (χ3n) is 3.63. The van der Waals surface area contributed by atoms with Crippen LogP contribution in [0.5, 0.6) is 0 Å². The highest BCUT2D eigenvalue weighted by atomic mass is 32.1. The number of hydrogen-bond acceptors (Lipinski definition) is 5. The van der Waals surface area contributed by atoms with E-state index in [0.717, 1.165) is 28.9 Å². The van der Waals surface area contributed by atoms with Crippen molar-refractivity contribution in [2.45, 2.75) is 25.4 Å². The van der Waals surface area contributed by atoms with E-state index in [9.17, 15) is 18.0 Å². The summed E-state index contributed by atoms with van der Waals surface area (Å²) in [6.07, 6.45) is -2.84. The number of thiazole rings is 1. The number of aromatic nitrogens is 3. The van der Waals surface area contributed by atoms with Gasteiger partial charge in [-0.15, -0.1) is 11.3 Å². The molecule has 1 atom stereocenters. The molecule has 0 fully saturated rings. The summed E-state index contributed by atoms with van der Waals surface area (Å²) in [5.74, 6) is -2.39. The summed E-state index contributed by atoms with van der Waals surface area (Å²) in [6, 6.07) is 6.39. The first kappa shape index (κ1) is 17.3. The number of halogens is 3. The van der Waals surface area contributed by atoms with Gasteiger partial charge in [-0.1, -0.05) is 13.0 Å². The molecule has 1 aromatic carbocycles. The van der Waals surface area contributed by atoms with Crippen molar-refractivity contribution in [2.75, 3.05) is 0 Å². The van der Waals surface area contributed by atoms with E-state index in [1.807, 2.05) is 19.1 Å². The van der Waals surface area contributed by atoms with E-state index in [1.54, 1.807) is 6.07 Å². The average Bonchev–Trinajstić information content (AvgIpc) is 2.96. The molecule has 3 aromatic rings. The van der Waals surface area contributed by atoms with Gasteiger partial charge in [-0.25, -0.2) is 15.0 Å². The van der Waals surface area contributed by atoms with Crippen LogP contribution in [0.2, 0.25) is 0 Å². The Labute approximate surface area is 144 Å². The molecule has 0 saturated heterocycles. The molecule has 0 bridgehead atoms. The van der Waals surface area contributed by atoms with E-state index in [0.29, 0.717) is 5.52 Å². The minimum Gasteiger partial charge on any atom is -0.369 e. The molecule has 9 heteroatoms. The molecule has 0 spiro atoms. The zero-order chi connectivity index (χ0) is 18.2. The highest BCUT2D eigenvalue weighted by Crippen LogP contribution is 2.33. The number of hydrogen-bond donors (Lipinski definition) is 1. The number of primary amides is 1. The molecule has 0 saturated carbocycles. The molecule has 0 aliphatic rings. The second kappa shape index (κ2) is 6.40. The number of alkyl halides is 3. The van der Waals surface area contributed by atoms with Gasteiger partial charge in [0.2, 0.25) is 5.91 Å². The zero-order valence-corrected chi connectivity index (χ0v) is 13.9. The molecular formula is C16H13F3N4OS. The van der Waals surface area contributed by atoms with Gasteiger partial charge in [0, 0.05) is 6.20 Å². The minimum atomic E-state index is -4.64. The Morgan fingerprint density at radius 3 is 2.68 bits per heavy atom. The molecule has 0 aliphatic heterocycles. The van der Waals surface area contributed by atoms with Gasteiger partial charge < -0.3 is 5.73 Å². The second-order valence-corrected chi connectivity index (χ2v) is 6.40. The standard InChI is InChI=1S/C16H13F3N4OS/c1-2-8-3-4-9-10(7-8)25-15(22-9)12(13(20)24)14-21-6-5-11(23-14)16(17,18)19/h3-7,12H,2H2,1H3,(H2,20,24). The monoisotopic (exact) mass is 366 g/mol. The number of carbonyl (C=O) groups is 1. The molecule has 2 heterocycles. The molecule has 25 heavy (non-hydrogen) atoms. The normalized spacial score (nSPS) is 13.1. The smallest absolute Gasteiger partial charge is 0.369 e. The molecule has 2 aromatic heterocycles. The maximum atomic E-state index is 12.9. The predicted octanol–water partition coefficient (Wildman–Crippen LogP) is 3.28. The third kappa shape index (κ3) is 3.46. The highest BCUT2D eigenvalue weighted by Gasteiger charge is 2.35. The van der Waals surface area contributed by atoms with Crippen LogP contribution in [0.3, 0.4) is 0 Å². The molecule has 2 N–H and O–H groups in total. The lowest BCUT2D eigenvalue weighted by Gasteiger charge is -2.11. The topological polar surface area (TPSA) is 81.8 Å². The van der Waals surface area contributed by atoms with Crippen molar-refractivity contribution < 1.29 is 18.0 Å². The lowest BCUT2D eigenvalue weighted by atomic mass is 10.1. The van der Waals surface area contributed by atoms with Crippen molar-refractivity contribution in [3.63, 3.8) is 0 Å². The van der Waals surface area contributed by atoms with Gasteiger partial charge in [0.1, 0.15) is 22.4 Å². The Kier molecular flexibility index (Phi) is 4.42. The minimum absolute atomic E-state index is 0.273. The Morgan fingerprint density at radius 2 is 2.04 bits per heavy atom. The zero-order valence-electron chi connectivity index (χ0n) is 13.0. The SMILES string of the molecule is CCc1ccc2nc(C(C(N)=O)c3nccc(C(F)(F)F)n3)sc2c1. The predicted molar refractivity (Wildman–Crippen MR) is 87.1 cm³/mol. The van der Waals surface area contributed by atoms with Gasteiger partial charge in [-0.3, -0.25) is 4.79 Å². The maximum Gasteiger partial charge on any atom is 0.433 e. The first-order valence-corrected chi connectivity index (χ1v) is 8.20. The van der Waals surface area contributed by atoms with Crippen molar-refractivity contribution in [1.29, 1.82) is 0 Å². The number of benzene rings is 1. The van der Waals surface area contributed by atoms with Crippen LogP contribution in [0.4, 0.5) is 13.2 Å². The van der Waals surface area contributed by atoms with Crippen LogP contribution in [0.25, 0.3) is 10.2 Å². The van der Waals surface area contributed by atoms with Crippen LogP contribution in [-0.4, -0.2) is 20.9 Å². The van der Waals surface area contributed by atoms with Crippen LogP contribution in [0.1, 0.15) is 34.9 Å². The van der Waals surface area contributed by atoms with Crippen LogP contribution >= 0.6 is 11.3 Å². The molecule has 0 aliphatic carbocycles. The lowest BCUT2D eigenvalue weighted by Crippen LogP contribution is -2.25.